The molecule has 0 aromatic rings. The fourth-order valence-electron chi connectivity index (χ4n) is 1.33. The Labute approximate surface area is 83.0 Å². The fraction of sp³-hybridized carbons (Fsp3) is 0.909. The molecule has 1 aliphatic heterocycles. The summed E-state index contributed by atoms with van der Waals surface area (Å²) in [6.07, 6.45) is 7.41. The number of hydrogen-bond donors (Lipinski definition) is 0. The van der Waals surface area contributed by atoms with Crippen LogP contribution in [0.25, 0.3) is 0 Å². The average Bonchev–Trinajstić information content (AvgIpc) is 2.68. The lowest BCUT2D eigenvalue weighted by molar-refractivity contribution is 0.442. The Morgan fingerprint density at radius 2 is 2.00 bits per heavy atom. The van der Waals surface area contributed by atoms with Crippen LogP contribution in [0.5, 0.6) is 0 Å². The van der Waals surface area contributed by atoms with Crippen LogP contribution >= 0.6 is 0 Å². The van der Waals surface area contributed by atoms with Crippen LogP contribution in [0.4, 0.5) is 0 Å². The Kier molecular flexibility index (Phi) is 9.17. The molecule has 1 aliphatic rings. The minimum Gasteiger partial charge on any atom is -0.361 e. The Bertz CT molecular complexity index is 121. The Hall–Kier alpha value is -0.530. The number of nitrogens with zero attached hydrogens (tertiary/aromatic N) is 2. The molecule has 0 bridgehead atoms. The van der Waals surface area contributed by atoms with Crippen LogP contribution in [-0.2, 0) is 0 Å². The Morgan fingerprint density at radius 3 is 2.54 bits per heavy atom. The number of aliphatic imine (C=N–C) groups is 1. The third kappa shape index (κ3) is 6.62. The lowest BCUT2D eigenvalue weighted by atomic mass is 10.2. The zero-order chi connectivity index (χ0) is 9.94. The van der Waals surface area contributed by atoms with E-state index in [0.29, 0.717) is 0 Å². The lowest BCUT2D eigenvalue weighted by Crippen LogP contribution is -2.20. The highest BCUT2D eigenvalue weighted by molar-refractivity contribution is 5.56. The highest BCUT2D eigenvalue weighted by atomic mass is 15.2. The predicted molar refractivity (Wildman–Crippen MR) is 60.4 cm³/mol. The van der Waals surface area contributed by atoms with Gasteiger partial charge in [-0.25, -0.2) is 0 Å². The summed E-state index contributed by atoms with van der Waals surface area (Å²) in [5.41, 5.74) is 0. The van der Waals surface area contributed by atoms with Gasteiger partial charge < -0.3 is 4.90 Å². The Morgan fingerprint density at radius 1 is 1.23 bits per heavy atom. The predicted octanol–water partition coefficient (Wildman–Crippen LogP) is 2.94. The monoisotopic (exact) mass is 184 g/mol. The van der Waals surface area contributed by atoms with Gasteiger partial charge in [-0.3, -0.25) is 4.99 Å². The average molecular weight is 184 g/mol. The van der Waals surface area contributed by atoms with Gasteiger partial charge in [0.1, 0.15) is 0 Å². The molecule has 0 N–H and O–H groups in total. The summed E-state index contributed by atoms with van der Waals surface area (Å²) in [5.74, 6) is 0. The van der Waals surface area contributed by atoms with Gasteiger partial charge in [0.05, 0.1) is 12.9 Å². The van der Waals surface area contributed by atoms with Crippen molar-refractivity contribution in [2.45, 2.75) is 46.5 Å². The van der Waals surface area contributed by atoms with Crippen LogP contribution in [0, 0.1) is 0 Å². The summed E-state index contributed by atoms with van der Waals surface area (Å²) in [4.78, 5) is 6.48. The number of rotatable bonds is 5. The molecule has 2 nitrogen and oxygen atoms in total. The van der Waals surface area contributed by atoms with Gasteiger partial charge in [-0.2, -0.15) is 0 Å². The smallest absolute Gasteiger partial charge is 0.0851 e. The molecule has 2 heteroatoms. The van der Waals surface area contributed by atoms with E-state index in [1.807, 2.05) is 20.2 Å². The van der Waals surface area contributed by atoms with E-state index in [1.54, 1.807) is 0 Å². The summed E-state index contributed by atoms with van der Waals surface area (Å²) in [6.45, 7) is 9.61. The van der Waals surface area contributed by atoms with E-state index in [4.69, 9.17) is 0 Å². The second-order valence-corrected chi connectivity index (χ2v) is 3.12. The van der Waals surface area contributed by atoms with Crippen molar-refractivity contribution < 1.29 is 0 Å². The molecular weight excluding hydrogens is 160 g/mol. The van der Waals surface area contributed by atoms with E-state index in [1.165, 1.54) is 32.2 Å². The van der Waals surface area contributed by atoms with Gasteiger partial charge in [-0.15, -0.1) is 0 Å². The summed E-state index contributed by atoms with van der Waals surface area (Å²) in [5, 5.41) is 0. The largest absolute Gasteiger partial charge is 0.361 e. The molecule has 0 aromatic carbocycles. The van der Waals surface area contributed by atoms with Gasteiger partial charge in [0.15, 0.2) is 0 Å². The summed E-state index contributed by atoms with van der Waals surface area (Å²) in [6, 6.07) is 0. The molecule has 1 rings (SSSR count). The van der Waals surface area contributed by atoms with Crippen LogP contribution < -0.4 is 0 Å². The standard InChI is InChI=1S/C9H18N2.C2H6/c1-2-3-4-5-7-11-8-6-10-9-11;1-2/h9H,2-8H2,1H3;1-2H3. The number of hydrogen-bond acceptors (Lipinski definition) is 2. The molecule has 13 heavy (non-hydrogen) atoms. The van der Waals surface area contributed by atoms with E-state index in [9.17, 15) is 0 Å². The SMILES string of the molecule is CC.CCCCCCN1C=NCC1. The molecule has 0 fully saturated rings. The van der Waals surface area contributed by atoms with Gasteiger partial charge in [0.25, 0.3) is 0 Å². The summed E-state index contributed by atoms with van der Waals surface area (Å²) < 4.78 is 0. The molecule has 1 heterocycles. The normalized spacial score (nSPS) is 14.2. The van der Waals surface area contributed by atoms with Gasteiger partial charge in [-0.05, 0) is 6.42 Å². The van der Waals surface area contributed by atoms with Crippen molar-refractivity contribution in [2.24, 2.45) is 4.99 Å². The first-order valence-electron chi connectivity index (χ1n) is 5.67. The van der Waals surface area contributed by atoms with E-state index < -0.39 is 0 Å². The molecule has 78 valence electrons. The van der Waals surface area contributed by atoms with Gasteiger partial charge >= 0.3 is 0 Å². The van der Waals surface area contributed by atoms with E-state index in [2.05, 4.69) is 16.8 Å². The fourth-order valence-corrected chi connectivity index (χ4v) is 1.33. The third-order valence-electron chi connectivity index (χ3n) is 2.06. The zero-order valence-corrected chi connectivity index (χ0v) is 9.42. The molecule has 0 atom stereocenters. The quantitative estimate of drug-likeness (QED) is 0.600. The molecule has 0 unspecified atom stereocenters. The molecule has 0 aliphatic carbocycles. The van der Waals surface area contributed by atoms with Crippen molar-refractivity contribution in [2.75, 3.05) is 19.6 Å². The van der Waals surface area contributed by atoms with Gasteiger partial charge in [-0.1, -0.05) is 40.0 Å². The van der Waals surface area contributed by atoms with E-state index in [0.717, 1.165) is 13.1 Å². The van der Waals surface area contributed by atoms with Crippen molar-refractivity contribution in [3.8, 4) is 0 Å². The van der Waals surface area contributed by atoms with E-state index >= 15 is 0 Å². The Balaban J connectivity index is 0.000000671. The van der Waals surface area contributed by atoms with Crippen molar-refractivity contribution in [1.29, 1.82) is 0 Å². The maximum atomic E-state index is 4.16. The number of unbranched alkanes of at least 4 members (excludes halogenated alkanes) is 3. The second-order valence-electron chi connectivity index (χ2n) is 3.12. The van der Waals surface area contributed by atoms with Crippen LogP contribution in [0.1, 0.15) is 46.5 Å². The first kappa shape index (κ1) is 12.5. The van der Waals surface area contributed by atoms with Gasteiger partial charge in [0.2, 0.25) is 0 Å². The van der Waals surface area contributed by atoms with Gasteiger partial charge in [0, 0.05) is 13.1 Å². The molecule has 0 amide bonds. The summed E-state index contributed by atoms with van der Waals surface area (Å²) in [7, 11) is 0. The van der Waals surface area contributed by atoms with Crippen LogP contribution in [0.15, 0.2) is 4.99 Å². The highest BCUT2D eigenvalue weighted by Gasteiger charge is 2.02. The van der Waals surface area contributed by atoms with Crippen molar-refractivity contribution in [3.05, 3.63) is 0 Å². The third-order valence-corrected chi connectivity index (χ3v) is 2.06. The molecular formula is C11H24N2. The molecule has 0 spiro atoms. The molecule has 0 saturated carbocycles. The van der Waals surface area contributed by atoms with Crippen molar-refractivity contribution in [3.63, 3.8) is 0 Å². The topological polar surface area (TPSA) is 15.6 Å². The highest BCUT2D eigenvalue weighted by Crippen LogP contribution is 2.01. The molecule has 0 aromatic heterocycles. The van der Waals surface area contributed by atoms with Crippen LogP contribution in [-0.4, -0.2) is 30.9 Å². The maximum absolute atomic E-state index is 4.16. The van der Waals surface area contributed by atoms with E-state index in [-0.39, 0.29) is 0 Å². The minimum absolute atomic E-state index is 1.01. The van der Waals surface area contributed by atoms with Crippen LogP contribution in [0.3, 0.4) is 0 Å². The first-order valence-corrected chi connectivity index (χ1v) is 5.67. The molecule has 0 radical (unpaired) electrons. The molecule has 0 saturated heterocycles. The second kappa shape index (κ2) is 9.56. The van der Waals surface area contributed by atoms with Crippen molar-refractivity contribution in [1.82, 2.24) is 4.90 Å². The first-order chi connectivity index (χ1) is 6.43. The maximum Gasteiger partial charge on any atom is 0.0851 e. The zero-order valence-electron chi connectivity index (χ0n) is 9.42. The van der Waals surface area contributed by atoms with Crippen LogP contribution in [0.2, 0.25) is 0 Å². The van der Waals surface area contributed by atoms with Crippen molar-refractivity contribution >= 4 is 6.34 Å². The minimum atomic E-state index is 1.01. The lowest BCUT2D eigenvalue weighted by Gasteiger charge is -2.12. The summed E-state index contributed by atoms with van der Waals surface area (Å²) >= 11 is 0.